The standard InChI is InChI=1S/C15H24N4OS/c1-12-3-4-13(2)14(11-12)17-18-15(21)16-5-6-19-7-9-20-10-8-19/h3-4,11,17H,5-10H2,1-2H3,(H2,16,18,21)/p+1. The van der Waals surface area contributed by atoms with Gasteiger partial charge in [-0.2, -0.15) is 0 Å². The number of rotatable bonds is 5. The molecular formula is C15H25N4OS+. The fourth-order valence-electron chi connectivity index (χ4n) is 2.30. The van der Waals surface area contributed by atoms with Gasteiger partial charge in [0.05, 0.1) is 32.0 Å². The number of benzene rings is 1. The molecule has 1 aromatic carbocycles. The summed E-state index contributed by atoms with van der Waals surface area (Å²) in [5.74, 6) is 0. The second kappa shape index (κ2) is 8.17. The maximum Gasteiger partial charge on any atom is 0.185 e. The summed E-state index contributed by atoms with van der Waals surface area (Å²) in [7, 11) is 0. The molecule has 1 aliphatic rings. The van der Waals surface area contributed by atoms with Crippen LogP contribution in [0.15, 0.2) is 18.2 Å². The Bertz CT molecular complexity index is 475. The Labute approximate surface area is 132 Å². The maximum atomic E-state index is 5.35. The van der Waals surface area contributed by atoms with Gasteiger partial charge >= 0.3 is 0 Å². The van der Waals surface area contributed by atoms with E-state index in [0.29, 0.717) is 5.11 Å². The molecule has 21 heavy (non-hydrogen) atoms. The van der Waals surface area contributed by atoms with E-state index >= 15 is 0 Å². The lowest BCUT2D eigenvalue weighted by atomic mass is 10.1. The molecule has 4 N–H and O–H groups in total. The lowest BCUT2D eigenvalue weighted by Crippen LogP contribution is -3.14. The van der Waals surface area contributed by atoms with Crippen LogP contribution >= 0.6 is 12.2 Å². The minimum absolute atomic E-state index is 0.628. The molecule has 1 fully saturated rings. The van der Waals surface area contributed by atoms with Gasteiger partial charge in [0.1, 0.15) is 13.1 Å². The highest BCUT2D eigenvalue weighted by molar-refractivity contribution is 7.80. The minimum atomic E-state index is 0.628. The number of quaternary nitrogens is 1. The van der Waals surface area contributed by atoms with Crippen LogP contribution in [0.3, 0.4) is 0 Å². The molecule has 1 aliphatic heterocycles. The van der Waals surface area contributed by atoms with Crippen LogP contribution in [0.25, 0.3) is 0 Å². The van der Waals surface area contributed by atoms with Crippen molar-refractivity contribution < 1.29 is 9.64 Å². The summed E-state index contributed by atoms with van der Waals surface area (Å²) in [5.41, 5.74) is 9.67. The van der Waals surface area contributed by atoms with Gasteiger partial charge in [0.25, 0.3) is 0 Å². The van der Waals surface area contributed by atoms with E-state index in [1.807, 2.05) is 0 Å². The van der Waals surface area contributed by atoms with Crippen molar-refractivity contribution in [3.05, 3.63) is 29.3 Å². The summed E-state index contributed by atoms with van der Waals surface area (Å²) in [6, 6.07) is 6.29. The number of anilines is 1. The van der Waals surface area contributed by atoms with Crippen molar-refractivity contribution in [3.63, 3.8) is 0 Å². The Morgan fingerprint density at radius 3 is 2.81 bits per heavy atom. The molecule has 0 amide bonds. The third kappa shape index (κ3) is 5.49. The summed E-state index contributed by atoms with van der Waals surface area (Å²) in [6.45, 7) is 9.99. The number of hydrazine groups is 1. The lowest BCUT2D eigenvalue weighted by molar-refractivity contribution is -0.906. The third-order valence-corrected chi connectivity index (χ3v) is 3.91. The highest BCUT2D eigenvalue weighted by atomic mass is 32.1. The molecule has 1 heterocycles. The monoisotopic (exact) mass is 309 g/mol. The molecule has 0 unspecified atom stereocenters. The van der Waals surface area contributed by atoms with Crippen molar-refractivity contribution in [3.8, 4) is 0 Å². The lowest BCUT2D eigenvalue weighted by Gasteiger charge is -2.24. The molecule has 0 saturated carbocycles. The first-order valence-corrected chi connectivity index (χ1v) is 7.84. The van der Waals surface area contributed by atoms with Crippen molar-refractivity contribution in [1.29, 1.82) is 0 Å². The molecule has 0 aromatic heterocycles. The van der Waals surface area contributed by atoms with E-state index < -0.39 is 0 Å². The normalized spacial score (nSPS) is 15.5. The minimum Gasteiger partial charge on any atom is -0.370 e. The van der Waals surface area contributed by atoms with Crippen molar-refractivity contribution >= 4 is 23.0 Å². The van der Waals surface area contributed by atoms with E-state index in [1.54, 1.807) is 4.90 Å². The van der Waals surface area contributed by atoms with Gasteiger partial charge in [-0.15, -0.1) is 0 Å². The van der Waals surface area contributed by atoms with Crippen molar-refractivity contribution in [1.82, 2.24) is 10.7 Å². The fourth-order valence-corrected chi connectivity index (χ4v) is 2.45. The highest BCUT2D eigenvalue weighted by Gasteiger charge is 2.12. The van der Waals surface area contributed by atoms with Crippen LogP contribution in [-0.2, 0) is 4.74 Å². The van der Waals surface area contributed by atoms with Crippen molar-refractivity contribution in [2.75, 3.05) is 44.8 Å². The average Bonchev–Trinajstić information content (AvgIpc) is 2.49. The molecule has 0 radical (unpaired) electrons. The SMILES string of the molecule is Cc1ccc(C)c(NNC(=S)NCC[NH+]2CCOCC2)c1. The Morgan fingerprint density at radius 1 is 1.29 bits per heavy atom. The van der Waals surface area contributed by atoms with E-state index in [2.05, 4.69) is 48.2 Å². The zero-order valence-corrected chi connectivity index (χ0v) is 13.6. The Kier molecular flexibility index (Phi) is 6.22. The van der Waals surface area contributed by atoms with Crippen LogP contribution in [0.4, 0.5) is 5.69 Å². The zero-order chi connectivity index (χ0) is 15.1. The van der Waals surface area contributed by atoms with E-state index in [1.165, 1.54) is 11.1 Å². The topological polar surface area (TPSA) is 49.8 Å². The molecule has 0 aliphatic carbocycles. The summed E-state index contributed by atoms with van der Waals surface area (Å²) >= 11 is 5.28. The van der Waals surface area contributed by atoms with Crippen molar-refractivity contribution in [2.24, 2.45) is 0 Å². The molecule has 6 heteroatoms. The Balaban J connectivity index is 1.66. The summed E-state index contributed by atoms with van der Waals surface area (Å²) in [5, 5.41) is 3.86. The maximum absolute atomic E-state index is 5.35. The number of nitrogens with one attached hydrogen (secondary N) is 4. The van der Waals surface area contributed by atoms with Gasteiger partial charge in [0, 0.05) is 0 Å². The first-order valence-electron chi connectivity index (χ1n) is 7.43. The van der Waals surface area contributed by atoms with Gasteiger partial charge < -0.3 is 15.0 Å². The molecule has 0 atom stereocenters. The van der Waals surface area contributed by atoms with Crippen LogP contribution in [0.1, 0.15) is 11.1 Å². The number of hydrogen-bond acceptors (Lipinski definition) is 3. The van der Waals surface area contributed by atoms with E-state index in [9.17, 15) is 0 Å². The third-order valence-electron chi connectivity index (χ3n) is 3.67. The quantitative estimate of drug-likeness (QED) is 0.456. The van der Waals surface area contributed by atoms with Crippen molar-refractivity contribution in [2.45, 2.75) is 13.8 Å². The Hall–Kier alpha value is -1.37. The predicted molar refractivity (Wildman–Crippen MR) is 89.7 cm³/mol. The highest BCUT2D eigenvalue weighted by Crippen LogP contribution is 2.14. The van der Waals surface area contributed by atoms with Gasteiger partial charge in [-0.25, -0.2) is 0 Å². The molecule has 1 aromatic rings. The number of hydrogen-bond donors (Lipinski definition) is 4. The molecule has 0 bridgehead atoms. The van der Waals surface area contributed by atoms with E-state index in [0.717, 1.165) is 45.1 Å². The van der Waals surface area contributed by atoms with Crippen LogP contribution in [-0.4, -0.2) is 44.5 Å². The van der Waals surface area contributed by atoms with E-state index in [-0.39, 0.29) is 0 Å². The van der Waals surface area contributed by atoms with Gasteiger partial charge in [-0.3, -0.25) is 10.9 Å². The second-order valence-electron chi connectivity index (χ2n) is 5.44. The Morgan fingerprint density at radius 2 is 2.05 bits per heavy atom. The van der Waals surface area contributed by atoms with Gasteiger partial charge in [0.15, 0.2) is 5.11 Å². The number of ether oxygens (including phenoxy) is 1. The van der Waals surface area contributed by atoms with Crippen LogP contribution < -0.4 is 21.1 Å². The predicted octanol–water partition coefficient (Wildman–Crippen LogP) is 0.00954. The molecule has 116 valence electrons. The van der Waals surface area contributed by atoms with Crippen LogP contribution in [0.2, 0.25) is 0 Å². The average molecular weight is 309 g/mol. The van der Waals surface area contributed by atoms with Crippen LogP contribution in [0.5, 0.6) is 0 Å². The van der Waals surface area contributed by atoms with E-state index in [4.69, 9.17) is 17.0 Å². The molecule has 1 saturated heterocycles. The van der Waals surface area contributed by atoms with Gasteiger partial charge in [-0.05, 0) is 43.3 Å². The smallest absolute Gasteiger partial charge is 0.185 e. The summed E-state index contributed by atoms with van der Waals surface area (Å²) in [6.07, 6.45) is 0. The number of aryl methyl sites for hydroxylation is 2. The number of thiocarbonyl (C=S) groups is 1. The fraction of sp³-hybridized carbons (Fsp3) is 0.533. The second-order valence-corrected chi connectivity index (χ2v) is 5.84. The van der Waals surface area contributed by atoms with Gasteiger partial charge in [0.2, 0.25) is 0 Å². The largest absolute Gasteiger partial charge is 0.370 e. The molecule has 0 spiro atoms. The molecule has 2 rings (SSSR count). The molecular weight excluding hydrogens is 284 g/mol. The zero-order valence-electron chi connectivity index (χ0n) is 12.8. The number of morpholine rings is 1. The van der Waals surface area contributed by atoms with Gasteiger partial charge in [-0.1, -0.05) is 12.1 Å². The first-order chi connectivity index (χ1) is 10.1. The summed E-state index contributed by atoms with van der Waals surface area (Å²) < 4.78 is 5.35. The van der Waals surface area contributed by atoms with Crippen LogP contribution in [0, 0.1) is 13.8 Å². The molecule has 5 nitrogen and oxygen atoms in total. The first kappa shape index (κ1) is 16.0. The summed E-state index contributed by atoms with van der Waals surface area (Å²) in [4.78, 5) is 1.57.